The highest BCUT2D eigenvalue weighted by atomic mass is 15.0. The zero-order chi connectivity index (χ0) is 14.8. The van der Waals surface area contributed by atoms with Crippen LogP contribution in [0.25, 0.3) is 11.5 Å². The molecule has 21 heavy (non-hydrogen) atoms. The molecular weight excluding hydrogens is 260 g/mol. The predicted octanol–water partition coefficient (Wildman–Crippen LogP) is 2.76. The number of pyridine rings is 1. The lowest BCUT2D eigenvalue weighted by molar-refractivity contribution is 0.675. The number of hydrogen-bond donors (Lipinski definition) is 1. The zero-order valence-electron chi connectivity index (χ0n) is 13.0. The lowest BCUT2D eigenvalue weighted by Gasteiger charge is -2.12. The van der Waals surface area contributed by atoms with Crippen LogP contribution in [0.5, 0.6) is 0 Å². The van der Waals surface area contributed by atoms with Crippen molar-refractivity contribution in [3.8, 4) is 11.5 Å². The van der Waals surface area contributed by atoms with E-state index in [4.69, 9.17) is 0 Å². The molecule has 1 fully saturated rings. The molecule has 1 N–H and O–H groups in total. The van der Waals surface area contributed by atoms with Gasteiger partial charge in [0.05, 0.1) is 0 Å². The highest BCUT2D eigenvalue weighted by Crippen LogP contribution is 2.21. The Morgan fingerprint density at radius 2 is 1.86 bits per heavy atom. The Morgan fingerprint density at radius 3 is 2.48 bits per heavy atom. The number of nitrogens with one attached hydrogen (secondary N) is 1. The van der Waals surface area contributed by atoms with Gasteiger partial charge in [0, 0.05) is 23.6 Å². The standard InChI is InChI=1S/C17H22N4/c1-11-5-4-9-19-16(11)17-20-12(2)15(13(3)21-17)8-10-18-14-6-7-14/h4-5,9,14,18H,6-8,10H2,1-3H3. The third-order valence-corrected chi connectivity index (χ3v) is 4.03. The molecule has 4 nitrogen and oxygen atoms in total. The van der Waals surface area contributed by atoms with Gasteiger partial charge >= 0.3 is 0 Å². The van der Waals surface area contributed by atoms with Gasteiger partial charge in [0.25, 0.3) is 0 Å². The minimum Gasteiger partial charge on any atom is -0.314 e. The topological polar surface area (TPSA) is 50.7 Å². The summed E-state index contributed by atoms with van der Waals surface area (Å²) in [6.07, 6.45) is 5.44. The molecule has 0 aliphatic heterocycles. The Kier molecular flexibility index (Phi) is 3.97. The normalized spacial score (nSPS) is 14.4. The molecule has 1 saturated carbocycles. The number of nitrogens with zero attached hydrogens (tertiary/aromatic N) is 3. The molecule has 1 aliphatic rings. The van der Waals surface area contributed by atoms with E-state index in [0.29, 0.717) is 0 Å². The van der Waals surface area contributed by atoms with E-state index in [1.165, 1.54) is 18.4 Å². The second-order valence-electron chi connectivity index (χ2n) is 5.84. The summed E-state index contributed by atoms with van der Waals surface area (Å²) in [4.78, 5) is 13.8. The molecule has 2 aromatic heterocycles. The van der Waals surface area contributed by atoms with Crippen molar-refractivity contribution in [2.75, 3.05) is 6.54 Å². The molecule has 3 rings (SSSR count). The number of aryl methyl sites for hydroxylation is 3. The van der Waals surface area contributed by atoms with Gasteiger partial charge in [-0.1, -0.05) is 6.07 Å². The van der Waals surface area contributed by atoms with Gasteiger partial charge in [0.2, 0.25) is 0 Å². The third-order valence-electron chi connectivity index (χ3n) is 4.03. The van der Waals surface area contributed by atoms with Crippen molar-refractivity contribution in [2.24, 2.45) is 0 Å². The van der Waals surface area contributed by atoms with Crippen LogP contribution in [-0.4, -0.2) is 27.5 Å². The van der Waals surface area contributed by atoms with Crippen LogP contribution in [-0.2, 0) is 6.42 Å². The van der Waals surface area contributed by atoms with E-state index in [9.17, 15) is 0 Å². The molecule has 0 spiro atoms. The highest BCUT2D eigenvalue weighted by Gasteiger charge is 2.20. The van der Waals surface area contributed by atoms with Gasteiger partial charge in [-0.15, -0.1) is 0 Å². The molecule has 110 valence electrons. The summed E-state index contributed by atoms with van der Waals surface area (Å²) in [6, 6.07) is 4.74. The zero-order valence-corrected chi connectivity index (χ0v) is 13.0. The van der Waals surface area contributed by atoms with Gasteiger partial charge < -0.3 is 5.32 Å². The van der Waals surface area contributed by atoms with E-state index in [2.05, 4.69) is 34.1 Å². The van der Waals surface area contributed by atoms with Gasteiger partial charge in [0.1, 0.15) is 5.69 Å². The molecule has 0 unspecified atom stereocenters. The van der Waals surface area contributed by atoms with Crippen molar-refractivity contribution in [1.82, 2.24) is 20.3 Å². The average molecular weight is 282 g/mol. The van der Waals surface area contributed by atoms with Crippen LogP contribution in [0, 0.1) is 20.8 Å². The van der Waals surface area contributed by atoms with Crippen molar-refractivity contribution in [3.05, 3.63) is 40.8 Å². The minimum atomic E-state index is 0.738. The lowest BCUT2D eigenvalue weighted by atomic mass is 10.1. The second kappa shape index (κ2) is 5.90. The van der Waals surface area contributed by atoms with E-state index >= 15 is 0 Å². The Bertz CT molecular complexity index is 624. The van der Waals surface area contributed by atoms with Crippen LogP contribution in [0.1, 0.15) is 35.4 Å². The van der Waals surface area contributed by atoms with Gasteiger partial charge in [-0.3, -0.25) is 4.98 Å². The Hall–Kier alpha value is -1.81. The van der Waals surface area contributed by atoms with E-state index in [-0.39, 0.29) is 0 Å². The first-order chi connectivity index (χ1) is 10.1. The molecule has 0 bridgehead atoms. The minimum absolute atomic E-state index is 0.738. The Morgan fingerprint density at radius 1 is 1.14 bits per heavy atom. The van der Waals surface area contributed by atoms with Crippen LogP contribution < -0.4 is 5.32 Å². The molecule has 0 atom stereocenters. The van der Waals surface area contributed by atoms with Gasteiger partial charge in [-0.2, -0.15) is 0 Å². The fourth-order valence-electron chi connectivity index (χ4n) is 2.62. The van der Waals surface area contributed by atoms with Crippen molar-refractivity contribution < 1.29 is 0 Å². The SMILES string of the molecule is Cc1cccnc1-c1nc(C)c(CCNC2CC2)c(C)n1. The van der Waals surface area contributed by atoms with E-state index in [1.54, 1.807) is 6.20 Å². The van der Waals surface area contributed by atoms with E-state index in [1.807, 2.05) is 19.1 Å². The van der Waals surface area contributed by atoms with Crippen LogP contribution in [0.15, 0.2) is 18.3 Å². The fraction of sp³-hybridized carbons (Fsp3) is 0.471. The summed E-state index contributed by atoms with van der Waals surface area (Å²) in [5.41, 5.74) is 5.39. The Balaban J connectivity index is 1.83. The van der Waals surface area contributed by atoms with Gasteiger partial charge in [-0.05, 0) is 63.8 Å². The molecule has 0 saturated heterocycles. The van der Waals surface area contributed by atoms with E-state index < -0.39 is 0 Å². The lowest BCUT2D eigenvalue weighted by Crippen LogP contribution is -2.20. The molecule has 2 aromatic rings. The first-order valence-corrected chi connectivity index (χ1v) is 7.64. The maximum atomic E-state index is 4.68. The van der Waals surface area contributed by atoms with Crippen LogP contribution in [0.3, 0.4) is 0 Å². The van der Waals surface area contributed by atoms with Gasteiger partial charge in [0.15, 0.2) is 5.82 Å². The Labute approximate surface area is 126 Å². The summed E-state index contributed by atoms with van der Waals surface area (Å²) < 4.78 is 0. The monoisotopic (exact) mass is 282 g/mol. The molecule has 1 aliphatic carbocycles. The quantitative estimate of drug-likeness (QED) is 0.916. The molecule has 0 radical (unpaired) electrons. The summed E-state index contributed by atoms with van der Waals surface area (Å²) in [5, 5.41) is 3.55. The summed E-state index contributed by atoms with van der Waals surface area (Å²) >= 11 is 0. The molecular formula is C17H22N4. The molecule has 0 amide bonds. The molecule has 0 aromatic carbocycles. The maximum Gasteiger partial charge on any atom is 0.178 e. The van der Waals surface area contributed by atoms with E-state index in [0.717, 1.165) is 47.5 Å². The third kappa shape index (κ3) is 3.27. The number of rotatable bonds is 5. The summed E-state index contributed by atoms with van der Waals surface area (Å²) in [7, 11) is 0. The smallest absolute Gasteiger partial charge is 0.178 e. The number of hydrogen-bond acceptors (Lipinski definition) is 4. The maximum absolute atomic E-state index is 4.68. The average Bonchev–Trinajstić information content (AvgIpc) is 3.26. The first-order valence-electron chi connectivity index (χ1n) is 7.64. The first kappa shape index (κ1) is 14.1. The van der Waals surface area contributed by atoms with Crippen LogP contribution >= 0.6 is 0 Å². The van der Waals surface area contributed by atoms with Crippen LogP contribution in [0.2, 0.25) is 0 Å². The molecule has 2 heterocycles. The van der Waals surface area contributed by atoms with Gasteiger partial charge in [-0.25, -0.2) is 9.97 Å². The predicted molar refractivity (Wildman–Crippen MR) is 84.2 cm³/mol. The van der Waals surface area contributed by atoms with Crippen molar-refractivity contribution >= 4 is 0 Å². The van der Waals surface area contributed by atoms with Crippen molar-refractivity contribution in [1.29, 1.82) is 0 Å². The fourth-order valence-corrected chi connectivity index (χ4v) is 2.62. The molecule has 4 heteroatoms. The number of aromatic nitrogens is 3. The largest absolute Gasteiger partial charge is 0.314 e. The van der Waals surface area contributed by atoms with Crippen molar-refractivity contribution in [2.45, 2.75) is 46.1 Å². The van der Waals surface area contributed by atoms with Crippen LogP contribution in [0.4, 0.5) is 0 Å². The van der Waals surface area contributed by atoms with Crippen molar-refractivity contribution in [3.63, 3.8) is 0 Å². The summed E-state index contributed by atoms with van der Waals surface area (Å²) in [5.74, 6) is 0.738. The highest BCUT2D eigenvalue weighted by molar-refractivity contribution is 5.55. The second-order valence-corrected chi connectivity index (χ2v) is 5.84. The summed E-state index contributed by atoms with van der Waals surface area (Å²) in [6.45, 7) is 7.20.